The summed E-state index contributed by atoms with van der Waals surface area (Å²) in [6.45, 7) is 0. The van der Waals surface area contributed by atoms with E-state index in [4.69, 9.17) is 5.73 Å². The highest BCUT2D eigenvalue weighted by molar-refractivity contribution is 8.01. The fourth-order valence-corrected chi connectivity index (χ4v) is 3.52. The smallest absolute Gasteiger partial charge is 0.398 e. The summed E-state index contributed by atoms with van der Waals surface area (Å²) < 4.78 is 58.9. The molecule has 0 saturated carbocycles. The quantitative estimate of drug-likeness (QED) is 0.862. The van der Waals surface area contributed by atoms with Crippen molar-refractivity contribution in [2.75, 3.05) is 17.2 Å². The minimum atomic E-state index is -4.42. The molecule has 17 heavy (non-hydrogen) atoms. The standard InChI is InChI=1S/C9H10F3NO2S2/c10-9(11,12)16-5-6-17(14,15)8-4-2-1-3-7(8)13/h1-4H,5-6,13H2. The maximum absolute atomic E-state index is 11.9. The molecule has 0 aliphatic carbocycles. The molecule has 0 saturated heterocycles. The zero-order valence-corrected chi connectivity index (χ0v) is 10.2. The summed E-state index contributed by atoms with van der Waals surface area (Å²) in [4.78, 5) is -0.122. The van der Waals surface area contributed by atoms with Gasteiger partial charge in [-0.3, -0.25) is 0 Å². The number of hydrogen-bond acceptors (Lipinski definition) is 4. The van der Waals surface area contributed by atoms with Gasteiger partial charge in [-0.25, -0.2) is 8.42 Å². The van der Waals surface area contributed by atoms with Crippen LogP contribution in [0.25, 0.3) is 0 Å². The van der Waals surface area contributed by atoms with Gasteiger partial charge in [0.2, 0.25) is 0 Å². The van der Waals surface area contributed by atoms with Crippen molar-refractivity contribution in [2.24, 2.45) is 0 Å². The van der Waals surface area contributed by atoms with Gasteiger partial charge in [-0.1, -0.05) is 12.1 Å². The van der Waals surface area contributed by atoms with E-state index in [0.29, 0.717) is 0 Å². The Labute approximate surface area is 101 Å². The second-order valence-electron chi connectivity index (χ2n) is 3.15. The van der Waals surface area contributed by atoms with Crippen molar-refractivity contribution >= 4 is 27.3 Å². The second kappa shape index (κ2) is 5.18. The van der Waals surface area contributed by atoms with E-state index in [-0.39, 0.29) is 22.3 Å². The molecule has 2 N–H and O–H groups in total. The van der Waals surface area contributed by atoms with Gasteiger partial charge in [0.25, 0.3) is 0 Å². The summed E-state index contributed by atoms with van der Waals surface area (Å²) in [6, 6.07) is 5.70. The van der Waals surface area contributed by atoms with Gasteiger partial charge < -0.3 is 5.73 Å². The molecule has 0 fully saturated rings. The van der Waals surface area contributed by atoms with Crippen LogP contribution in [0.5, 0.6) is 0 Å². The van der Waals surface area contributed by atoms with Crippen molar-refractivity contribution in [3.63, 3.8) is 0 Å². The molecule has 1 aromatic carbocycles. The predicted molar refractivity (Wildman–Crippen MR) is 61.4 cm³/mol. The van der Waals surface area contributed by atoms with Crippen molar-refractivity contribution < 1.29 is 21.6 Å². The summed E-state index contributed by atoms with van der Waals surface area (Å²) in [6.07, 6.45) is 0. The van der Waals surface area contributed by atoms with Crippen LogP contribution in [0.4, 0.5) is 18.9 Å². The van der Waals surface area contributed by atoms with E-state index in [1.165, 1.54) is 18.2 Å². The average Bonchev–Trinajstić information content (AvgIpc) is 2.15. The highest BCUT2D eigenvalue weighted by Crippen LogP contribution is 2.30. The normalized spacial score (nSPS) is 12.6. The molecule has 3 nitrogen and oxygen atoms in total. The van der Waals surface area contributed by atoms with Gasteiger partial charge in [0.1, 0.15) is 0 Å². The van der Waals surface area contributed by atoms with Gasteiger partial charge in [-0.15, -0.1) is 0 Å². The molecule has 0 heterocycles. The van der Waals surface area contributed by atoms with Crippen LogP contribution in [-0.4, -0.2) is 25.4 Å². The Balaban J connectivity index is 2.74. The Hall–Kier alpha value is -0.890. The molecule has 0 aliphatic heterocycles. The average molecular weight is 285 g/mol. The Morgan fingerprint density at radius 2 is 1.82 bits per heavy atom. The molecule has 8 heteroatoms. The lowest BCUT2D eigenvalue weighted by Crippen LogP contribution is -2.13. The number of para-hydroxylation sites is 1. The topological polar surface area (TPSA) is 60.2 Å². The van der Waals surface area contributed by atoms with Gasteiger partial charge in [0.05, 0.1) is 16.3 Å². The first-order chi connectivity index (χ1) is 7.72. The Bertz CT molecular complexity index is 485. The molecular weight excluding hydrogens is 275 g/mol. The number of alkyl halides is 3. The minimum absolute atomic E-state index is 0.0458. The van der Waals surface area contributed by atoms with E-state index in [2.05, 4.69) is 0 Å². The molecule has 1 rings (SSSR count). The third kappa shape index (κ3) is 4.47. The van der Waals surface area contributed by atoms with Crippen LogP contribution >= 0.6 is 11.8 Å². The molecule has 0 radical (unpaired) electrons. The highest BCUT2D eigenvalue weighted by Gasteiger charge is 2.29. The molecule has 0 spiro atoms. The molecule has 0 bridgehead atoms. The first-order valence-corrected chi connectivity index (χ1v) is 7.14. The van der Waals surface area contributed by atoms with Crippen molar-refractivity contribution in [1.29, 1.82) is 0 Å². The zero-order valence-electron chi connectivity index (χ0n) is 8.57. The van der Waals surface area contributed by atoms with Crippen LogP contribution in [0.1, 0.15) is 0 Å². The molecule has 0 aromatic heterocycles. The maximum Gasteiger partial charge on any atom is 0.441 e. The number of sulfone groups is 1. The predicted octanol–water partition coefficient (Wildman–Crippen LogP) is 2.30. The van der Waals surface area contributed by atoms with Crippen LogP contribution in [0.3, 0.4) is 0 Å². The molecule has 0 aliphatic rings. The molecular formula is C9H10F3NO2S2. The van der Waals surface area contributed by atoms with Gasteiger partial charge in [-0.2, -0.15) is 13.2 Å². The van der Waals surface area contributed by atoms with Crippen LogP contribution in [0.15, 0.2) is 29.2 Å². The number of rotatable bonds is 4. The largest absolute Gasteiger partial charge is 0.441 e. The fourth-order valence-electron chi connectivity index (χ4n) is 1.14. The van der Waals surface area contributed by atoms with E-state index in [9.17, 15) is 21.6 Å². The van der Waals surface area contributed by atoms with Gasteiger partial charge in [0, 0.05) is 5.75 Å². The maximum atomic E-state index is 11.9. The molecule has 1 aromatic rings. The number of anilines is 1. The lowest BCUT2D eigenvalue weighted by atomic mass is 10.3. The molecule has 0 amide bonds. The number of benzene rings is 1. The summed E-state index contributed by atoms with van der Waals surface area (Å²) >= 11 is -0.359. The third-order valence-electron chi connectivity index (χ3n) is 1.87. The van der Waals surface area contributed by atoms with Crippen molar-refractivity contribution in [3.05, 3.63) is 24.3 Å². The first-order valence-electron chi connectivity index (χ1n) is 4.50. The summed E-state index contributed by atoms with van der Waals surface area (Å²) in [5.41, 5.74) is 1.08. The third-order valence-corrected chi connectivity index (χ3v) is 4.65. The van der Waals surface area contributed by atoms with Crippen LogP contribution in [0.2, 0.25) is 0 Å². The minimum Gasteiger partial charge on any atom is -0.398 e. The highest BCUT2D eigenvalue weighted by atomic mass is 32.2. The Morgan fingerprint density at radius 1 is 1.24 bits per heavy atom. The van der Waals surface area contributed by atoms with E-state index < -0.39 is 26.9 Å². The van der Waals surface area contributed by atoms with Crippen molar-refractivity contribution in [3.8, 4) is 0 Å². The van der Waals surface area contributed by atoms with Crippen LogP contribution in [0, 0.1) is 0 Å². The van der Waals surface area contributed by atoms with Gasteiger partial charge in [0.15, 0.2) is 9.84 Å². The second-order valence-corrected chi connectivity index (χ2v) is 6.39. The zero-order chi connectivity index (χ0) is 13.1. The van der Waals surface area contributed by atoms with Crippen LogP contribution < -0.4 is 5.73 Å². The van der Waals surface area contributed by atoms with E-state index in [1.807, 2.05) is 0 Å². The Kier molecular flexibility index (Phi) is 4.31. The van der Waals surface area contributed by atoms with E-state index >= 15 is 0 Å². The van der Waals surface area contributed by atoms with Gasteiger partial charge in [-0.05, 0) is 23.9 Å². The number of nitrogen functional groups attached to an aromatic ring is 1. The lowest BCUT2D eigenvalue weighted by molar-refractivity contribution is -0.0326. The molecule has 96 valence electrons. The number of thioether (sulfide) groups is 1. The molecule has 0 atom stereocenters. The number of halogens is 3. The van der Waals surface area contributed by atoms with Crippen molar-refractivity contribution in [2.45, 2.75) is 10.4 Å². The number of hydrogen-bond donors (Lipinski definition) is 1. The SMILES string of the molecule is Nc1ccccc1S(=O)(=O)CCSC(F)(F)F. The summed E-state index contributed by atoms with van der Waals surface area (Å²) in [5, 5.41) is 0. The monoisotopic (exact) mass is 285 g/mol. The Morgan fingerprint density at radius 3 is 2.35 bits per heavy atom. The molecule has 0 unspecified atom stereocenters. The van der Waals surface area contributed by atoms with Crippen LogP contribution in [-0.2, 0) is 9.84 Å². The number of nitrogens with two attached hydrogens (primary N) is 1. The lowest BCUT2D eigenvalue weighted by Gasteiger charge is -2.08. The van der Waals surface area contributed by atoms with Crippen molar-refractivity contribution in [1.82, 2.24) is 0 Å². The van der Waals surface area contributed by atoms with Gasteiger partial charge >= 0.3 is 5.51 Å². The van der Waals surface area contributed by atoms with E-state index in [1.54, 1.807) is 6.07 Å². The summed E-state index contributed by atoms with van der Waals surface area (Å²) in [7, 11) is -3.76. The fraction of sp³-hybridized carbons (Fsp3) is 0.333. The van der Waals surface area contributed by atoms with E-state index in [0.717, 1.165) is 0 Å². The summed E-state index contributed by atoms with van der Waals surface area (Å²) in [5.74, 6) is -1.13. The first kappa shape index (κ1) is 14.2.